The van der Waals surface area contributed by atoms with Gasteiger partial charge in [0.15, 0.2) is 11.0 Å². The van der Waals surface area contributed by atoms with Crippen LogP contribution in [-0.4, -0.2) is 39.5 Å². The van der Waals surface area contributed by atoms with E-state index in [0.717, 1.165) is 22.6 Å². The number of nitrogens with one attached hydrogen (secondary N) is 1. The average Bonchev–Trinajstić information content (AvgIpc) is 3.41. The van der Waals surface area contributed by atoms with Crippen LogP contribution in [0.15, 0.2) is 29.4 Å². The molecule has 10 heteroatoms. The highest BCUT2D eigenvalue weighted by Gasteiger charge is 2.19. The van der Waals surface area contributed by atoms with Crippen molar-refractivity contribution in [3.63, 3.8) is 0 Å². The van der Waals surface area contributed by atoms with Crippen LogP contribution in [0, 0.1) is 13.8 Å². The largest absolute Gasteiger partial charge is 0.485 e. The standard InChI is InChI=1S/C23H28N4O4S2/c1-6-16-11-17(22(29)30-5)21(33-16)24-20(28)13-32-23-26-25-19(27(23)7-2)12-31-18-10-8-9-14(3)15(18)4/h8-11H,6-7,12-13H2,1-5H3,(H,24,28). The van der Waals surface area contributed by atoms with Gasteiger partial charge in [0.25, 0.3) is 0 Å². The number of ether oxygens (including phenoxy) is 2. The molecule has 0 aliphatic heterocycles. The molecule has 0 saturated carbocycles. The Kier molecular flexibility index (Phi) is 8.51. The van der Waals surface area contributed by atoms with Crippen molar-refractivity contribution in [2.45, 2.75) is 52.4 Å². The highest BCUT2D eigenvalue weighted by atomic mass is 32.2. The predicted molar refractivity (Wildman–Crippen MR) is 130 cm³/mol. The topological polar surface area (TPSA) is 95.3 Å². The minimum atomic E-state index is -0.465. The van der Waals surface area contributed by atoms with Gasteiger partial charge in [-0.3, -0.25) is 4.79 Å². The van der Waals surface area contributed by atoms with Gasteiger partial charge in [-0.25, -0.2) is 4.79 Å². The van der Waals surface area contributed by atoms with Gasteiger partial charge >= 0.3 is 5.97 Å². The van der Waals surface area contributed by atoms with Crippen LogP contribution in [0.25, 0.3) is 0 Å². The third-order valence-electron chi connectivity index (χ3n) is 5.14. The normalized spacial score (nSPS) is 10.8. The summed E-state index contributed by atoms with van der Waals surface area (Å²) in [7, 11) is 1.33. The smallest absolute Gasteiger partial charge is 0.340 e. The van der Waals surface area contributed by atoms with Crippen LogP contribution in [0.4, 0.5) is 5.00 Å². The van der Waals surface area contributed by atoms with Crippen LogP contribution in [0.5, 0.6) is 5.75 Å². The second kappa shape index (κ2) is 11.3. The zero-order chi connectivity index (χ0) is 24.0. The van der Waals surface area contributed by atoms with E-state index in [1.165, 1.54) is 35.8 Å². The number of benzene rings is 1. The molecule has 0 unspecified atom stereocenters. The van der Waals surface area contributed by atoms with Crippen molar-refractivity contribution in [3.05, 3.63) is 51.7 Å². The van der Waals surface area contributed by atoms with Crippen LogP contribution in [0.3, 0.4) is 0 Å². The maximum Gasteiger partial charge on any atom is 0.340 e. The molecule has 1 N–H and O–H groups in total. The Morgan fingerprint density at radius 2 is 2.00 bits per heavy atom. The number of rotatable bonds is 10. The van der Waals surface area contributed by atoms with E-state index in [1.54, 1.807) is 6.07 Å². The SMILES string of the molecule is CCc1cc(C(=O)OC)c(NC(=O)CSc2nnc(COc3cccc(C)c3C)n2CC)s1. The number of esters is 1. The number of carbonyl (C=O) groups is 2. The third kappa shape index (κ3) is 5.94. The number of aryl methyl sites for hydroxylation is 2. The van der Waals surface area contributed by atoms with Crippen molar-refractivity contribution in [2.75, 3.05) is 18.2 Å². The molecule has 0 radical (unpaired) electrons. The number of thioether (sulfide) groups is 1. The zero-order valence-electron chi connectivity index (χ0n) is 19.4. The van der Waals surface area contributed by atoms with Crippen molar-refractivity contribution in [1.82, 2.24) is 14.8 Å². The lowest BCUT2D eigenvalue weighted by atomic mass is 10.1. The summed E-state index contributed by atoms with van der Waals surface area (Å²) in [6.45, 7) is 9.00. The number of carbonyl (C=O) groups excluding carboxylic acids is 2. The van der Waals surface area contributed by atoms with Crippen molar-refractivity contribution < 1.29 is 19.1 Å². The van der Waals surface area contributed by atoms with E-state index in [1.807, 2.05) is 50.5 Å². The molecule has 1 amide bonds. The monoisotopic (exact) mass is 488 g/mol. The Balaban J connectivity index is 1.63. The van der Waals surface area contributed by atoms with E-state index < -0.39 is 5.97 Å². The number of anilines is 1. The van der Waals surface area contributed by atoms with Crippen LogP contribution in [-0.2, 0) is 29.1 Å². The molecule has 0 aliphatic rings. The molecule has 2 aromatic heterocycles. The van der Waals surface area contributed by atoms with Crippen LogP contribution in [0.1, 0.15) is 46.0 Å². The number of amides is 1. The number of methoxy groups -OCH3 is 1. The van der Waals surface area contributed by atoms with Gasteiger partial charge in [-0.1, -0.05) is 30.8 Å². The molecule has 1 aromatic carbocycles. The van der Waals surface area contributed by atoms with Gasteiger partial charge in [0.05, 0.1) is 18.4 Å². The van der Waals surface area contributed by atoms with Crippen molar-refractivity contribution in [1.29, 1.82) is 0 Å². The number of hydrogen-bond acceptors (Lipinski definition) is 8. The van der Waals surface area contributed by atoms with Crippen LogP contribution in [0.2, 0.25) is 0 Å². The molecule has 0 atom stereocenters. The summed E-state index contributed by atoms with van der Waals surface area (Å²) < 4.78 is 12.7. The van der Waals surface area contributed by atoms with Gasteiger partial charge in [0.2, 0.25) is 5.91 Å². The lowest BCUT2D eigenvalue weighted by molar-refractivity contribution is -0.113. The van der Waals surface area contributed by atoms with Crippen molar-refractivity contribution in [2.24, 2.45) is 0 Å². The highest BCUT2D eigenvalue weighted by Crippen LogP contribution is 2.30. The Hall–Kier alpha value is -2.85. The number of nitrogens with zero attached hydrogens (tertiary/aromatic N) is 3. The molecular weight excluding hydrogens is 460 g/mol. The highest BCUT2D eigenvalue weighted by molar-refractivity contribution is 7.99. The minimum absolute atomic E-state index is 0.135. The van der Waals surface area contributed by atoms with E-state index in [0.29, 0.717) is 28.1 Å². The Morgan fingerprint density at radius 1 is 1.21 bits per heavy atom. The molecule has 3 aromatic rings. The molecule has 0 spiro atoms. The molecule has 176 valence electrons. The number of hydrogen-bond donors (Lipinski definition) is 1. The third-order valence-corrected chi connectivity index (χ3v) is 7.31. The van der Waals surface area contributed by atoms with Crippen molar-refractivity contribution in [3.8, 4) is 5.75 Å². The van der Waals surface area contributed by atoms with E-state index in [4.69, 9.17) is 9.47 Å². The fourth-order valence-electron chi connectivity index (χ4n) is 3.14. The first-order chi connectivity index (χ1) is 15.9. The Morgan fingerprint density at radius 3 is 2.70 bits per heavy atom. The predicted octanol–water partition coefficient (Wildman–Crippen LogP) is 4.64. The van der Waals surface area contributed by atoms with Gasteiger partial charge in [-0.05, 0) is 50.5 Å². The molecule has 3 rings (SSSR count). The average molecular weight is 489 g/mol. The first-order valence-corrected chi connectivity index (χ1v) is 12.4. The summed E-state index contributed by atoms with van der Waals surface area (Å²) in [5, 5.41) is 12.5. The quantitative estimate of drug-likeness (QED) is 0.328. The molecule has 2 heterocycles. The first-order valence-electron chi connectivity index (χ1n) is 10.6. The van der Waals surface area contributed by atoms with Gasteiger partial charge in [0.1, 0.15) is 17.4 Å². The minimum Gasteiger partial charge on any atom is -0.485 e. The number of thiophene rings is 1. The summed E-state index contributed by atoms with van der Waals surface area (Å²) >= 11 is 2.67. The first kappa shape index (κ1) is 24.8. The summed E-state index contributed by atoms with van der Waals surface area (Å²) in [5.41, 5.74) is 2.64. The lowest BCUT2D eigenvalue weighted by Gasteiger charge is -2.11. The van der Waals surface area contributed by atoms with E-state index in [9.17, 15) is 9.59 Å². The summed E-state index contributed by atoms with van der Waals surface area (Å²) in [5.74, 6) is 0.954. The van der Waals surface area contributed by atoms with E-state index in [2.05, 4.69) is 15.5 Å². The van der Waals surface area contributed by atoms with Gasteiger partial charge in [-0.15, -0.1) is 21.5 Å². The van der Waals surface area contributed by atoms with E-state index in [-0.39, 0.29) is 18.3 Å². The molecular formula is C23H28N4O4S2. The molecule has 33 heavy (non-hydrogen) atoms. The molecule has 0 saturated heterocycles. The van der Waals surface area contributed by atoms with Crippen LogP contribution >= 0.6 is 23.1 Å². The molecule has 0 fully saturated rings. The summed E-state index contributed by atoms with van der Waals surface area (Å²) in [4.78, 5) is 25.6. The molecule has 0 bridgehead atoms. The maximum atomic E-state index is 12.6. The summed E-state index contributed by atoms with van der Waals surface area (Å²) in [6, 6.07) is 7.70. The second-order valence-corrected chi connectivity index (χ2v) is 9.35. The van der Waals surface area contributed by atoms with Gasteiger partial charge < -0.3 is 19.4 Å². The molecule has 0 aliphatic carbocycles. The second-order valence-electron chi connectivity index (χ2n) is 7.27. The van der Waals surface area contributed by atoms with E-state index >= 15 is 0 Å². The molecule has 8 nitrogen and oxygen atoms in total. The van der Waals surface area contributed by atoms with Gasteiger partial charge in [0, 0.05) is 11.4 Å². The number of aromatic nitrogens is 3. The summed E-state index contributed by atoms with van der Waals surface area (Å²) in [6.07, 6.45) is 0.770. The fourth-order valence-corrected chi connectivity index (χ4v) is 4.96. The lowest BCUT2D eigenvalue weighted by Crippen LogP contribution is -2.16. The van der Waals surface area contributed by atoms with Crippen molar-refractivity contribution >= 4 is 40.0 Å². The zero-order valence-corrected chi connectivity index (χ0v) is 21.1. The Labute approximate surface area is 201 Å². The van der Waals surface area contributed by atoms with Crippen LogP contribution < -0.4 is 10.1 Å². The maximum absolute atomic E-state index is 12.6. The Bertz CT molecular complexity index is 1140. The fraction of sp³-hybridized carbons (Fsp3) is 0.391. The van der Waals surface area contributed by atoms with Gasteiger partial charge in [-0.2, -0.15) is 0 Å².